The van der Waals surface area contributed by atoms with E-state index in [1.165, 1.54) is 45.2 Å². The van der Waals surface area contributed by atoms with Crippen LogP contribution < -0.4 is 5.32 Å². The molecule has 1 heterocycles. The predicted molar refractivity (Wildman–Crippen MR) is 71.2 cm³/mol. The molecule has 3 nitrogen and oxygen atoms in total. The van der Waals surface area contributed by atoms with Crippen molar-refractivity contribution in [2.24, 2.45) is 0 Å². The van der Waals surface area contributed by atoms with Crippen molar-refractivity contribution in [2.45, 2.75) is 70.1 Å². The molecular formula is C14H28N2O. The van der Waals surface area contributed by atoms with E-state index in [0.717, 1.165) is 19.4 Å². The SMILES string of the molecule is CC(CN1CCCCC1)N[C@H]1CCCC[C@@H]1O. The van der Waals surface area contributed by atoms with Crippen LogP contribution in [0.15, 0.2) is 0 Å². The molecule has 0 aromatic rings. The molecule has 17 heavy (non-hydrogen) atoms. The molecule has 0 radical (unpaired) electrons. The second kappa shape index (κ2) is 6.72. The first kappa shape index (κ1) is 13.3. The highest BCUT2D eigenvalue weighted by molar-refractivity contribution is 4.83. The summed E-state index contributed by atoms with van der Waals surface area (Å²) in [4.78, 5) is 2.57. The minimum Gasteiger partial charge on any atom is -0.392 e. The number of hydrogen-bond acceptors (Lipinski definition) is 3. The Morgan fingerprint density at radius 2 is 1.82 bits per heavy atom. The second-order valence-corrected chi connectivity index (χ2v) is 5.89. The van der Waals surface area contributed by atoms with Gasteiger partial charge in [0.15, 0.2) is 0 Å². The summed E-state index contributed by atoms with van der Waals surface area (Å²) in [6.07, 6.45) is 8.59. The molecule has 3 atom stereocenters. The highest BCUT2D eigenvalue weighted by Gasteiger charge is 2.24. The van der Waals surface area contributed by atoms with E-state index in [2.05, 4.69) is 17.1 Å². The normalized spacial score (nSPS) is 33.5. The lowest BCUT2D eigenvalue weighted by Gasteiger charge is -2.34. The number of rotatable bonds is 4. The molecule has 0 aromatic heterocycles. The van der Waals surface area contributed by atoms with E-state index < -0.39 is 0 Å². The summed E-state index contributed by atoms with van der Waals surface area (Å²) in [7, 11) is 0. The van der Waals surface area contributed by atoms with Crippen LogP contribution in [0, 0.1) is 0 Å². The number of aliphatic hydroxyl groups excluding tert-OH is 1. The number of likely N-dealkylation sites (tertiary alicyclic amines) is 1. The first-order valence-electron chi connectivity index (χ1n) is 7.42. The quantitative estimate of drug-likeness (QED) is 0.786. The highest BCUT2D eigenvalue weighted by atomic mass is 16.3. The van der Waals surface area contributed by atoms with Gasteiger partial charge in [-0.25, -0.2) is 0 Å². The summed E-state index contributed by atoms with van der Waals surface area (Å²) in [5.74, 6) is 0. The van der Waals surface area contributed by atoms with Gasteiger partial charge in [0.25, 0.3) is 0 Å². The van der Waals surface area contributed by atoms with Crippen molar-refractivity contribution in [1.82, 2.24) is 10.2 Å². The summed E-state index contributed by atoms with van der Waals surface area (Å²) < 4.78 is 0. The van der Waals surface area contributed by atoms with E-state index in [9.17, 15) is 5.11 Å². The van der Waals surface area contributed by atoms with Crippen molar-refractivity contribution < 1.29 is 5.11 Å². The van der Waals surface area contributed by atoms with Gasteiger partial charge in [0.05, 0.1) is 6.10 Å². The number of aliphatic hydroxyl groups is 1. The Kier molecular flexibility index (Phi) is 5.26. The molecule has 2 aliphatic rings. The zero-order valence-corrected chi connectivity index (χ0v) is 11.2. The smallest absolute Gasteiger partial charge is 0.0693 e. The molecule has 1 saturated carbocycles. The number of nitrogens with one attached hydrogen (secondary N) is 1. The summed E-state index contributed by atoms with van der Waals surface area (Å²) in [5.41, 5.74) is 0. The molecule has 1 unspecified atom stereocenters. The Labute approximate surface area is 106 Å². The Bertz CT molecular complexity index is 216. The van der Waals surface area contributed by atoms with Crippen LogP contribution in [-0.2, 0) is 0 Å². The van der Waals surface area contributed by atoms with Gasteiger partial charge in [0.2, 0.25) is 0 Å². The van der Waals surface area contributed by atoms with Gasteiger partial charge >= 0.3 is 0 Å². The topological polar surface area (TPSA) is 35.5 Å². The highest BCUT2D eigenvalue weighted by Crippen LogP contribution is 2.19. The van der Waals surface area contributed by atoms with Gasteiger partial charge in [-0.05, 0) is 45.7 Å². The standard InChI is InChI=1S/C14H28N2O/c1-12(11-16-9-5-2-6-10-16)15-13-7-3-4-8-14(13)17/h12-15,17H,2-11H2,1H3/t12?,13-,14-/m0/s1. The van der Waals surface area contributed by atoms with Crippen LogP contribution in [0.1, 0.15) is 51.9 Å². The van der Waals surface area contributed by atoms with Gasteiger partial charge < -0.3 is 15.3 Å². The second-order valence-electron chi connectivity index (χ2n) is 5.89. The van der Waals surface area contributed by atoms with Gasteiger partial charge in [0.1, 0.15) is 0 Å². The third-order valence-corrected chi connectivity index (χ3v) is 4.21. The Hall–Kier alpha value is -0.120. The van der Waals surface area contributed by atoms with Gasteiger partial charge in [-0.2, -0.15) is 0 Å². The molecule has 3 heteroatoms. The Morgan fingerprint density at radius 1 is 1.12 bits per heavy atom. The predicted octanol–water partition coefficient (Wildman–Crippen LogP) is 1.75. The Balaban J connectivity index is 1.70. The summed E-state index contributed by atoms with van der Waals surface area (Å²) in [6.45, 7) is 5.93. The molecular weight excluding hydrogens is 212 g/mol. The molecule has 1 aliphatic heterocycles. The maximum Gasteiger partial charge on any atom is 0.0693 e. The molecule has 100 valence electrons. The summed E-state index contributed by atoms with van der Waals surface area (Å²) >= 11 is 0. The van der Waals surface area contributed by atoms with E-state index in [4.69, 9.17) is 0 Å². The third-order valence-electron chi connectivity index (χ3n) is 4.21. The van der Waals surface area contributed by atoms with Crippen LogP contribution in [-0.4, -0.2) is 47.8 Å². The van der Waals surface area contributed by atoms with Crippen LogP contribution in [0.2, 0.25) is 0 Å². The van der Waals surface area contributed by atoms with Crippen molar-refractivity contribution in [2.75, 3.05) is 19.6 Å². The van der Waals surface area contributed by atoms with Crippen molar-refractivity contribution >= 4 is 0 Å². The Morgan fingerprint density at radius 3 is 2.53 bits per heavy atom. The van der Waals surface area contributed by atoms with E-state index in [-0.39, 0.29) is 6.10 Å². The fraction of sp³-hybridized carbons (Fsp3) is 1.00. The van der Waals surface area contributed by atoms with Crippen LogP contribution in [0.5, 0.6) is 0 Å². The molecule has 1 saturated heterocycles. The zero-order chi connectivity index (χ0) is 12.1. The molecule has 1 aliphatic carbocycles. The van der Waals surface area contributed by atoms with Gasteiger partial charge in [-0.15, -0.1) is 0 Å². The molecule has 0 aromatic carbocycles. The minimum absolute atomic E-state index is 0.118. The van der Waals surface area contributed by atoms with E-state index in [1.54, 1.807) is 0 Å². The molecule has 2 N–H and O–H groups in total. The maximum atomic E-state index is 9.95. The lowest BCUT2D eigenvalue weighted by molar-refractivity contribution is 0.0811. The first-order chi connectivity index (χ1) is 8.25. The van der Waals surface area contributed by atoms with Crippen LogP contribution in [0.3, 0.4) is 0 Å². The largest absolute Gasteiger partial charge is 0.392 e. The fourth-order valence-electron chi connectivity index (χ4n) is 3.25. The van der Waals surface area contributed by atoms with Crippen LogP contribution in [0.25, 0.3) is 0 Å². The number of hydrogen-bond donors (Lipinski definition) is 2. The van der Waals surface area contributed by atoms with Crippen molar-refractivity contribution in [3.05, 3.63) is 0 Å². The van der Waals surface area contributed by atoms with Crippen LogP contribution in [0.4, 0.5) is 0 Å². The van der Waals surface area contributed by atoms with Gasteiger partial charge in [0, 0.05) is 18.6 Å². The van der Waals surface area contributed by atoms with Crippen LogP contribution >= 0.6 is 0 Å². The molecule has 2 fully saturated rings. The minimum atomic E-state index is -0.118. The number of nitrogens with zero attached hydrogens (tertiary/aromatic N) is 1. The summed E-state index contributed by atoms with van der Waals surface area (Å²) in [5, 5.41) is 13.6. The van der Waals surface area contributed by atoms with E-state index in [1.807, 2.05) is 0 Å². The molecule has 0 spiro atoms. The lowest BCUT2D eigenvalue weighted by atomic mass is 9.92. The third kappa shape index (κ3) is 4.23. The molecule has 0 bridgehead atoms. The van der Waals surface area contributed by atoms with E-state index in [0.29, 0.717) is 12.1 Å². The first-order valence-corrected chi connectivity index (χ1v) is 7.42. The number of piperidine rings is 1. The average Bonchev–Trinajstić information content (AvgIpc) is 2.33. The summed E-state index contributed by atoms with van der Waals surface area (Å²) in [6, 6.07) is 0.842. The molecule has 0 amide bonds. The van der Waals surface area contributed by atoms with Crippen molar-refractivity contribution in [1.29, 1.82) is 0 Å². The van der Waals surface area contributed by atoms with Crippen molar-refractivity contribution in [3.8, 4) is 0 Å². The fourth-order valence-corrected chi connectivity index (χ4v) is 3.25. The maximum absolute atomic E-state index is 9.95. The lowest BCUT2D eigenvalue weighted by Crippen LogP contribution is -2.50. The average molecular weight is 240 g/mol. The van der Waals surface area contributed by atoms with Gasteiger partial charge in [-0.3, -0.25) is 0 Å². The van der Waals surface area contributed by atoms with Gasteiger partial charge in [-0.1, -0.05) is 19.3 Å². The monoisotopic (exact) mass is 240 g/mol. The van der Waals surface area contributed by atoms with Crippen molar-refractivity contribution in [3.63, 3.8) is 0 Å². The zero-order valence-electron chi connectivity index (χ0n) is 11.2. The molecule has 2 rings (SSSR count). The van der Waals surface area contributed by atoms with E-state index >= 15 is 0 Å².